The molecule has 0 aromatic heterocycles. The van der Waals surface area contributed by atoms with Crippen LogP contribution in [0.25, 0.3) is 0 Å². The first kappa shape index (κ1) is 15.1. The molecule has 2 unspecified atom stereocenters. The second-order valence-electron chi connectivity index (χ2n) is 4.93. The van der Waals surface area contributed by atoms with E-state index in [1.54, 1.807) is 11.8 Å². The van der Waals surface area contributed by atoms with Crippen LogP contribution in [0.3, 0.4) is 0 Å². The van der Waals surface area contributed by atoms with Crippen LogP contribution in [-0.2, 0) is 4.79 Å². The Kier molecular flexibility index (Phi) is 5.31. The minimum absolute atomic E-state index is 0.156. The number of nitrogens with one attached hydrogen (secondary N) is 1. The molecule has 1 aliphatic rings. The molecule has 1 rings (SSSR count). The molecule has 0 aromatic carbocycles. The molecule has 104 valence electrons. The van der Waals surface area contributed by atoms with Gasteiger partial charge in [0, 0.05) is 24.1 Å². The van der Waals surface area contributed by atoms with Crippen molar-refractivity contribution in [3.63, 3.8) is 0 Å². The zero-order valence-electron chi connectivity index (χ0n) is 11.2. The topological polar surface area (TPSA) is 69.6 Å². The number of carbonyl (C=O) groups excluding carboxylic acids is 1. The molecule has 2 N–H and O–H groups in total. The molecular formula is C12H22N2O3S. The smallest absolute Gasteiger partial charge is 0.329 e. The third-order valence-electron chi connectivity index (χ3n) is 3.23. The summed E-state index contributed by atoms with van der Waals surface area (Å²) in [7, 11) is 0. The van der Waals surface area contributed by atoms with E-state index in [4.69, 9.17) is 0 Å². The minimum Gasteiger partial charge on any atom is -0.480 e. The second-order valence-corrected chi connectivity index (χ2v) is 6.08. The molecule has 0 spiro atoms. The maximum absolute atomic E-state index is 12.1. The fourth-order valence-electron chi connectivity index (χ4n) is 2.06. The van der Waals surface area contributed by atoms with Gasteiger partial charge in [0.2, 0.25) is 0 Å². The number of thioether (sulfide) groups is 1. The maximum Gasteiger partial charge on any atom is 0.329 e. The van der Waals surface area contributed by atoms with E-state index in [2.05, 4.69) is 5.32 Å². The molecule has 0 saturated carbocycles. The summed E-state index contributed by atoms with van der Waals surface area (Å²) in [5, 5.41) is 11.9. The lowest BCUT2D eigenvalue weighted by atomic mass is 9.96. The predicted octanol–water partition coefficient (Wildman–Crippen LogP) is 1.78. The average molecular weight is 274 g/mol. The first-order valence-corrected chi connectivity index (χ1v) is 7.46. The molecule has 0 aromatic rings. The molecule has 6 heteroatoms. The van der Waals surface area contributed by atoms with Gasteiger partial charge in [-0.25, -0.2) is 9.59 Å². The molecule has 0 radical (unpaired) electrons. The van der Waals surface area contributed by atoms with Gasteiger partial charge in [0.15, 0.2) is 0 Å². The molecular weight excluding hydrogens is 252 g/mol. The Bertz CT molecular complexity index is 324. The summed E-state index contributed by atoms with van der Waals surface area (Å²) in [4.78, 5) is 25.1. The largest absolute Gasteiger partial charge is 0.480 e. The van der Waals surface area contributed by atoms with Crippen LogP contribution in [0.5, 0.6) is 0 Å². The number of amides is 2. The Balaban J connectivity index is 2.68. The lowest BCUT2D eigenvalue weighted by Crippen LogP contribution is -2.58. The molecule has 1 heterocycles. The van der Waals surface area contributed by atoms with E-state index in [0.29, 0.717) is 19.4 Å². The van der Waals surface area contributed by atoms with Gasteiger partial charge in [-0.1, -0.05) is 13.3 Å². The van der Waals surface area contributed by atoms with Gasteiger partial charge < -0.3 is 15.3 Å². The van der Waals surface area contributed by atoms with Gasteiger partial charge in [-0.3, -0.25) is 0 Å². The number of carboxylic acid groups (broad SMARTS) is 1. The second kappa shape index (κ2) is 6.31. The Hall–Kier alpha value is -0.910. The lowest BCUT2D eigenvalue weighted by molar-refractivity contribution is -0.144. The van der Waals surface area contributed by atoms with Gasteiger partial charge in [0.25, 0.3) is 0 Å². The summed E-state index contributed by atoms with van der Waals surface area (Å²) in [6, 6.07) is -0.107. The molecule has 18 heavy (non-hydrogen) atoms. The predicted molar refractivity (Wildman–Crippen MR) is 73.0 cm³/mol. The molecule has 2 amide bonds. The van der Waals surface area contributed by atoms with Crippen molar-refractivity contribution >= 4 is 23.8 Å². The standard InChI is InChI=1S/C12H22N2O3S/c1-4-5-12(3,10(15)16)13-11(17)14-6-7-18-8-9(14)2/h9H,4-8H2,1-3H3,(H,13,17)(H,15,16). The molecule has 5 nitrogen and oxygen atoms in total. The van der Waals surface area contributed by atoms with Crippen LogP contribution in [0, 0.1) is 0 Å². The van der Waals surface area contributed by atoms with Crippen molar-refractivity contribution in [2.75, 3.05) is 18.1 Å². The van der Waals surface area contributed by atoms with Gasteiger partial charge in [0.05, 0.1) is 0 Å². The van der Waals surface area contributed by atoms with Crippen molar-refractivity contribution in [3.8, 4) is 0 Å². The molecule has 1 saturated heterocycles. The van der Waals surface area contributed by atoms with Gasteiger partial charge in [-0.05, 0) is 20.3 Å². The average Bonchev–Trinajstić information content (AvgIpc) is 2.29. The Morgan fingerprint density at radius 1 is 1.56 bits per heavy atom. The van der Waals surface area contributed by atoms with E-state index in [9.17, 15) is 14.7 Å². The van der Waals surface area contributed by atoms with Crippen molar-refractivity contribution in [1.82, 2.24) is 10.2 Å². The van der Waals surface area contributed by atoms with E-state index >= 15 is 0 Å². The number of rotatable bonds is 4. The normalized spacial score (nSPS) is 23.3. The van der Waals surface area contributed by atoms with E-state index in [1.807, 2.05) is 25.6 Å². The quantitative estimate of drug-likeness (QED) is 0.820. The Morgan fingerprint density at radius 2 is 2.22 bits per heavy atom. The first-order valence-electron chi connectivity index (χ1n) is 6.30. The Labute approximate surface area is 112 Å². The summed E-state index contributed by atoms with van der Waals surface area (Å²) >= 11 is 1.82. The van der Waals surface area contributed by atoms with E-state index in [0.717, 1.165) is 11.5 Å². The summed E-state index contributed by atoms with van der Waals surface area (Å²) in [5.41, 5.74) is -1.17. The highest BCUT2D eigenvalue weighted by Crippen LogP contribution is 2.18. The number of aliphatic carboxylic acids is 1. The van der Waals surface area contributed by atoms with Crippen LogP contribution in [0.4, 0.5) is 4.79 Å². The number of carboxylic acids is 1. The van der Waals surface area contributed by atoms with Crippen LogP contribution >= 0.6 is 11.8 Å². The van der Waals surface area contributed by atoms with Crippen molar-refractivity contribution in [3.05, 3.63) is 0 Å². The van der Waals surface area contributed by atoms with Crippen molar-refractivity contribution in [1.29, 1.82) is 0 Å². The fraction of sp³-hybridized carbons (Fsp3) is 0.833. The van der Waals surface area contributed by atoms with Gasteiger partial charge >= 0.3 is 12.0 Å². The van der Waals surface area contributed by atoms with E-state index in [1.165, 1.54) is 0 Å². The van der Waals surface area contributed by atoms with Crippen LogP contribution in [-0.4, -0.2) is 51.6 Å². The number of urea groups is 1. The minimum atomic E-state index is -1.17. The first-order chi connectivity index (χ1) is 8.40. The van der Waals surface area contributed by atoms with Crippen molar-refractivity contribution < 1.29 is 14.7 Å². The molecule has 0 aliphatic carbocycles. The molecule has 2 atom stereocenters. The summed E-state index contributed by atoms with van der Waals surface area (Å²) in [5.74, 6) is 0.845. The van der Waals surface area contributed by atoms with Gasteiger partial charge in [-0.15, -0.1) is 0 Å². The summed E-state index contributed by atoms with van der Waals surface area (Å²) < 4.78 is 0. The van der Waals surface area contributed by atoms with Crippen molar-refractivity contribution in [2.45, 2.75) is 45.2 Å². The van der Waals surface area contributed by atoms with Crippen LogP contribution < -0.4 is 5.32 Å². The maximum atomic E-state index is 12.1. The highest BCUT2D eigenvalue weighted by Gasteiger charge is 2.36. The number of nitrogens with zero attached hydrogens (tertiary/aromatic N) is 1. The zero-order chi connectivity index (χ0) is 13.8. The molecule has 1 fully saturated rings. The lowest BCUT2D eigenvalue weighted by Gasteiger charge is -2.36. The van der Waals surface area contributed by atoms with Gasteiger partial charge in [0.1, 0.15) is 5.54 Å². The third kappa shape index (κ3) is 3.54. The van der Waals surface area contributed by atoms with E-state index < -0.39 is 11.5 Å². The third-order valence-corrected chi connectivity index (χ3v) is 4.42. The van der Waals surface area contributed by atoms with E-state index in [-0.39, 0.29) is 12.1 Å². The van der Waals surface area contributed by atoms with Crippen LogP contribution in [0.15, 0.2) is 0 Å². The van der Waals surface area contributed by atoms with Crippen molar-refractivity contribution in [2.24, 2.45) is 0 Å². The number of hydrogen-bond donors (Lipinski definition) is 2. The Morgan fingerprint density at radius 3 is 2.72 bits per heavy atom. The highest BCUT2D eigenvalue weighted by molar-refractivity contribution is 7.99. The molecule has 0 bridgehead atoms. The fourth-order valence-corrected chi connectivity index (χ4v) is 3.07. The SMILES string of the molecule is CCCC(C)(NC(=O)N1CCSCC1C)C(=O)O. The van der Waals surface area contributed by atoms with Crippen LogP contribution in [0.2, 0.25) is 0 Å². The summed E-state index contributed by atoms with van der Waals surface area (Å²) in [6.07, 6.45) is 1.15. The highest BCUT2D eigenvalue weighted by atomic mass is 32.2. The van der Waals surface area contributed by atoms with Gasteiger partial charge in [-0.2, -0.15) is 11.8 Å². The number of carbonyl (C=O) groups is 2. The summed E-state index contributed by atoms with van der Waals surface area (Å²) in [6.45, 7) is 6.15. The molecule has 1 aliphatic heterocycles. The zero-order valence-corrected chi connectivity index (χ0v) is 12.0. The monoisotopic (exact) mass is 274 g/mol. The number of hydrogen-bond acceptors (Lipinski definition) is 3. The van der Waals surface area contributed by atoms with Crippen LogP contribution in [0.1, 0.15) is 33.6 Å².